The molecule has 1 aromatic heterocycles. The van der Waals surface area contributed by atoms with E-state index < -0.39 is 0 Å². The molecule has 0 aliphatic carbocycles. The Kier molecular flexibility index (Phi) is 3.68. The molecule has 5 heteroatoms. The minimum atomic E-state index is 0.465. The maximum absolute atomic E-state index is 5.34. The Labute approximate surface area is 105 Å². The molecule has 0 aliphatic heterocycles. The van der Waals surface area contributed by atoms with Gasteiger partial charge in [0, 0.05) is 5.25 Å². The van der Waals surface area contributed by atoms with E-state index in [-0.39, 0.29) is 0 Å². The Hall–Kier alpha value is -1.49. The van der Waals surface area contributed by atoms with Crippen LogP contribution in [0.25, 0.3) is 5.69 Å². The number of nitrogens with zero attached hydrogens (tertiary/aromatic N) is 3. The largest absolute Gasteiger partial charge is 0.495 e. The van der Waals surface area contributed by atoms with Crippen molar-refractivity contribution in [2.45, 2.75) is 24.3 Å². The fourth-order valence-electron chi connectivity index (χ4n) is 1.51. The zero-order chi connectivity index (χ0) is 12.3. The molecule has 2 aromatic rings. The third kappa shape index (κ3) is 2.61. The highest BCUT2D eigenvalue weighted by Gasteiger charge is 2.11. The van der Waals surface area contributed by atoms with Gasteiger partial charge < -0.3 is 4.74 Å². The molecule has 0 saturated heterocycles. The van der Waals surface area contributed by atoms with E-state index in [4.69, 9.17) is 4.74 Å². The smallest absolute Gasteiger partial charge is 0.195 e. The first-order chi connectivity index (χ1) is 8.22. The van der Waals surface area contributed by atoms with Gasteiger partial charge in [-0.15, -0.1) is 10.2 Å². The molecule has 1 aromatic carbocycles. The van der Waals surface area contributed by atoms with Crippen LogP contribution in [-0.2, 0) is 0 Å². The van der Waals surface area contributed by atoms with Gasteiger partial charge in [0.2, 0.25) is 0 Å². The molecule has 0 amide bonds. The third-order valence-corrected chi connectivity index (χ3v) is 3.16. The number of hydrogen-bond acceptors (Lipinski definition) is 4. The summed E-state index contributed by atoms with van der Waals surface area (Å²) in [5.74, 6) is 0.818. The van der Waals surface area contributed by atoms with Crippen LogP contribution in [0.5, 0.6) is 5.75 Å². The number of rotatable bonds is 4. The van der Waals surface area contributed by atoms with Gasteiger partial charge >= 0.3 is 0 Å². The molecule has 2 rings (SSSR count). The lowest BCUT2D eigenvalue weighted by Gasteiger charge is -2.11. The Balaban J connectivity index is 2.42. The molecule has 0 fully saturated rings. The van der Waals surface area contributed by atoms with Gasteiger partial charge in [0.25, 0.3) is 0 Å². The van der Waals surface area contributed by atoms with E-state index in [1.165, 1.54) is 0 Å². The van der Waals surface area contributed by atoms with Crippen LogP contribution in [0.4, 0.5) is 0 Å². The number of hydrogen-bond donors (Lipinski definition) is 0. The van der Waals surface area contributed by atoms with E-state index in [9.17, 15) is 0 Å². The molecule has 4 nitrogen and oxygen atoms in total. The number of thioether (sulfide) groups is 1. The standard InChI is InChI=1S/C12H15N3OS/c1-9(2)17-12-14-13-8-15(12)10-6-4-5-7-11(10)16-3/h4-9H,1-3H3. The molecule has 0 spiro atoms. The van der Waals surface area contributed by atoms with Crippen LogP contribution in [-0.4, -0.2) is 27.1 Å². The quantitative estimate of drug-likeness (QED) is 0.781. The number of aromatic nitrogens is 3. The summed E-state index contributed by atoms with van der Waals surface area (Å²) >= 11 is 1.68. The van der Waals surface area contributed by atoms with E-state index in [0.29, 0.717) is 5.25 Å². The first-order valence-corrected chi connectivity index (χ1v) is 6.30. The molecule has 0 radical (unpaired) electrons. The lowest BCUT2D eigenvalue weighted by atomic mass is 10.3. The molecule has 0 unspecified atom stereocenters. The van der Waals surface area contributed by atoms with Crippen LogP contribution in [0.3, 0.4) is 0 Å². The van der Waals surface area contributed by atoms with Gasteiger partial charge in [-0.3, -0.25) is 4.57 Å². The summed E-state index contributed by atoms with van der Waals surface area (Å²) in [5, 5.41) is 9.44. The average Bonchev–Trinajstić information content (AvgIpc) is 2.76. The van der Waals surface area contributed by atoms with E-state index >= 15 is 0 Å². The highest BCUT2D eigenvalue weighted by molar-refractivity contribution is 7.99. The van der Waals surface area contributed by atoms with Gasteiger partial charge in [0.1, 0.15) is 12.1 Å². The van der Waals surface area contributed by atoms with Crippen LogP contribution < -0.4 is 4.74 Å². The zero-order valence-electron chi connectivity index (χ0n) is 10.1. The van der Waals surface area contributed by atoms with E-state index in [1.807, 2.05) is 28.8 Å². The van der Waals surface area contributed by atoms with Crippen molar-refractivity contribution >= 4 is 11.8 Å². The van der Waals surface area contributed by atoms with Gasteiger partial charge in [-0.05, 0) is 12.1 Å². The van der Waals surface area contributed by atoms with Crippen LogP contribution in [0.15, 0.2) is 35.7 Å². The van der Waals surface area contributed by atoms with Crippen LogP contribution in [0, 0.1) is 0 Å². The normalized spacial score (nSPS) is 10.8. The first-order valence-electron chi connectivity index (χ1n) is 5.42. The van der Waals surface area contributed by atoms with Gasteiger partial charge in [0.05, 0.1) is 12.8 Å². The van der Waals surface area contributed by atoms with Gasteiger partial charge in [-0.25, -0.2) is 0 Å². The Bertz CT molecular complexity index is 496. The summed E-state index contributed by atoms with van der Waals surface area (Å²) < 4.78 is 7.29. The summed E-state index contributed by atoms with van der Waals surface area (Å²) in [7, 11) is 1.67. The molecule has 1 heterocycles. The van der Waals surface area contributed by atoms with Crippen molar-refractivity contribution in [2.75, 3.05) is 7.11 Å². The van der Waals surface area contributed by atoms with Gasteiger partial charge in [-0.2, -0.15) is 0 Å². The molecular formula is C12H15N3OS. The fourth-order valence-corrected chi connectivity index (χ4v) is 2.28. The van der Waals surface area contributed by atoms with Crippen LogP contribution in [0.1, 0.15) is 13.8 Å². The number of benzene rings is 1. The fraction of sp³-hybridized carbons (Fsp3) is 0.333. The predicted molar refractivity (Wildman–Crippen MR) is 68.9 cm³/mol. The van der Waals surface area contributed by atoms with Gasteiger partial charge in [0.15, 0.2) is 5.16 Å². The molecule has 0 saturated carbocycles. The SMILES string of the molecule is COc1ccccc1-n1cnnc1SC(C)C. The summed E-state index contributed by atoms with van der Waals surface area (Å²) in [6.45, 7) is 4.26. The topological polar surface area (TPSA) is 39.9 Å². The van der Waals surface area contributed by atoms with Crippen molar-refractivity contribution in [2.24, 2.45) is 0 Å². The maximum Gasteiger partial charge on any atom is 0.195 e. The highest BCUT2D eigenvalue weighted by Crippen LogP contribution is 2.28. The van der Waals surface area contributed by atoms with Crippen LogP contribution in [0.2, 0.25) is 0 Å². The van der Waals surface area contributed by atoms with E-state index in [0.717, 1.165) is 16.6 Å². The first kappa shape index (κ1) is 12.0. The Morgan fingerprint density at radius 1 is 1.29 bits per heavy atom. The number of ether oxygens (including phenoxy) is 1. The minimum Gasteiger partial charge on any atom is -0.495 e. The summed E-state index contributed by atoms with van der Waals surface area (Å²) in [4.78, 5) is 0. The van der Waals surface area contributed by atoms with Crippen molar-refractivity contribution in [3.63, 3.8) is 0 Å². The van der Waals surface area contributed by atoms with Crippen molar-refractivity contribution in [3.05, 3.63) is 30.6 Å². The molecule has 0 N–H and O–H groups in total. The lowest BCUT2D eigenvalue weighted by molar-refractivity contribution is 0.412. The summed E-state index contributed by atoms with van der Waals surface area (Å²) in [5.41, 5.74) is 0.961. The minimum absolute atomic E-state index is 0.465. The number of para-hydroxylation sites is 2. The molecule has 0 bridgehead atoms. The lowest BCUT2D eigenvalue weighted by Crippen LogP contribution is -2.00. The maximum atomic E-state index is 5.34. The second kappa shape index (κ2) is 5.23. The highest BCUT2D eigenvalue weighted by atomic mass is 32.2. The molecule has 90 valence electrons. The third-order valence-electron chi connectivity index (χ3n) is 2.20. The van der Waals surface area contributed by atoms with Crippen molar-refractivity contribution < 1.29 is 4.74 Å². The van der Waals surface area contributed by atoms with Crippen molar-refractivity contribution in [1.82, 2.24) is 14.8 Å². The molecule has 0 aliphatic rings. The monoisotopic (exact) mass is 249 g/mol. The molecular weight excluding hydrogens is 234 g/mol. The van der Waals surface area contributed by atoms with Crippen LogP contribution >= 0.6 is 11.8 Å². The molecule has 17 heavy (non-hydrogen) atoms. The van der Waals surface area contributed by atoms with Gasteiger partial charge in [-0.1, -0.05) is 37.7 Å². The Morgan fingerprint density at radius 2 is 2.06 bits per heavy atom. The summed E-state index contributed by atoms with van der Waals surface area (Å²) in [6, 6.07) is 7.84. The zero-order valence-corrected chi connectivity index (χ0v) is 10.9. The molecule has 0 atom stereocenters. The van der Waals surface area contributed by atoms with Crippen molar-refractivity contribution in [1.29, 1.82) is 0 Å². The van der Waals surface area contributed by atoms with E-state index in [1.54, 1.807) is 25.2 Å². The van der Waals surface area contributed by atoms with E-state index in [2.05, 4.69) is 24.0 Å². The number of methoxy groups -OCH3 is 1. The second-order valence-electron chi connectivity index (χ2n) is 3.82. The Morgan fingerprint density at radius 3 is 2.76 bits per heavy atom. The summed E-state index contributed by atoms with van der Waals surface area (Å²) in [6.07, 6.45) is 1.71. The second-order valence-corrected chi connectivity index (χ2v) is 5.37. The predicted octanol–water partition coefficient (Wildman–Crippen LogP) is 2.78. The average molecular weight is 249 g/mol. The van der Waals surface area contributed by atoms with Crippen molar-refractivity contribution in [3.8, 4) is 11.4 Å².